The van der Waals surface area contributed by atoms with Gasteiger partial charge in [-0.15, -0.1) is 11.3 Å². The first-order valence-corrected chi connectivity index (χ1v) is 6.70. The third kappa shape index (κ3) is 3.42. The summed E-state index contributed by atoms with van der Waals surface area (Å²) in [5.41, 5.74) is 0. The molecule has 2 atom stereocenters. The summed E-state index contributed by atoms with van der Waals surface area (Å²) >= 11 is 1.75. The molecule has 16 heavy (non-hydrogen) atoms. The lowest BCUT2D eigenvalue weighted by Crippen LogP contribution is -2.31. The molecule has 0 saturated carbocycles. The van der Waals surface area contributed by atoms with Crippen LogP contribution in [-0.2, 0) is 4.79 Å². The molecule has 1 heterocycles. The van der Waals surface area contributed by atoms with Crippen LogP contribution in [0, 0.1) is 5.92 Å². The average molecular weight is 239 g/mol. The Hall–Kier alpha value is -0.670. The smallest absolute Gasteiger partial charge is 0.149 e. The SMILES string of the molecule is CCC(C)C(=O)CN(C)C(C)c1cccs1. The molecule has 0 fully saturated rings. The summed E-state index contributed by atoms with van der Waals surface area (Å²) in [7, 11) is 2.02. The predicted octanol–water partition coefficient (Wildman–Crippen LogP) is 3.36. The van der Waals surface area contributed by atoms with E-state index in [0.717, 1.165) is 6.42 Å². The van der Waals surface area contributed by atoms with Crippen LogP contribution in [0.15, 0.2) is 17.5 Å². The minimum Gasteiger partial charge on any atom is -0.298 e. The van der Waals surface area contributed by atoms with Gasteiger partial charge in [-0.3, -0.25) is 9.69 Å². The Bertz CT molecular complexity index is 321. The van der Waals surface area contributed by atoms with E-state index in [9.17, 15) is 4.79 Å². The summed E-state index contributed by atoms with van der Waals surface area (Å²) in [5, 5.41) is 2.08. The van der Waals surface area contributed by atoms with Gasteiger partial charge < -0.3 is 0 Å². The number of ketones is 1. The number of hydrogen-bond donors (Lipinski definition) is 0. The molecule has 0 amide bonds. The van der Waals surface area contributed by atoms with E-state index < -0.39 is 0 Å². The summed E-state index contributed by atoms with van der Waals surface area (Å²) in [6.45, 7) is 6.76. The Morgan fingerprint density at radius 2 is 2.19 bits per heavy atom. The highest BCUT2D eigenvalue weighted by molar-refractivity contribution is 7.10. The first-order valence-electron chi connectivity index (χ1n) is 5.82. The molecule has 0 saturated heterocycles. The van der Waals surface area contributed by atoms with Crippen LogP contribution in [0.3, 0.4) is 0 Å². The van der Waals surface area contributed by atoms with Crippen LogP contribution >= 0.6 is 11.3 Å². The second-order valence-electron chi connectivity index (χ2n) is 4.38. The summed E-state index contributed by atoms with van der Waals surface area (Å²) in [4.78, 5) is 15.3. The van der Waals surface area contributed by atoms with Crippen LogP contribution in [-0.4, -0.2) is 24.3 Å². The molecule has 0 bridgehead atoms. The van der Waals surface area contributed by atoms with Crippen LogP contribution in [0.1, 0.15) is 38.1 Å². The number of likely N-dealkylation sites (N-methyl/N-ethyl adjacent to an activating group) is 1. The summed E-state index contributed by atoms with van der Waals surface area (Å²) < 4.78 is 0. The number of Topliss-reactive ketones (excluding diaryl/α,β-unsaturated/α-hetero) is 1. The lowest BCUT2D eigenvalue weighted by Gasteiger charge is -2.24. The van der Waals surface area contributed by atoms with Gasteiger partial charge in [-0.05, 0) is 31.8 Å². The van der Waals surface area contributed by atoms with Crippen LogP contribution in [0.2, 0.25) is 0 Å². The first-order chi connectivity index (χ1) is 7.56. The zero-order chi connectivity index (χ0) is 12.1. The summed E-state index contributed by atoms with van der Waals surface area (Å²) in [6.07, 6.45) is 0.931. The quantitative estimate of drug-likeness (QED) is 0.758. The summed E-state index contributed by atoms with van der Waals surface area (Å²) in [5.74, 6) is 0.520. The molecule has 2 unspecified atom stereocenters. The van der Waals surface area contributed by atoms with Crippen LogP contribution in [0.5, 0.6) is 0 Å². The fraction of sp³-hybridized carbons (Fsp3) is 0.615. The molecular formula is C13H21NOS. The van der Waals surface area contributed by atoms with Gasteiger partial charge in [0, 0.05) is 16.8 Å². The van der Waals surface area contributed by atoms with Crippen molar-refractivity contribution in [2.24, 2.45) is 5.92 Å². The largest absolute Gasteiger partial charge is 0.298 e. The average Bonchev–Trinajstić information content (AvgIpc) is 2.79. The fourth-order valence-electron chi connectivity index (χ4n) is 1.51. The third-order valence-electron chi connectivity index (χ3n) is 3.18. The molecule has 0 spiro atoms. The topological polar surface area (TPSA) is 20.3 Å². The van der Waals surface area contributed by atoms with Crippen molar-refractivity contribution in [2.45, 2.75) is 33.2 Å². The normalized spacial score (nSPS) is 15.1. The van der Waals surface area contributed by atoms with Gasteiger partial charge in [0.2, 0.25) is 0 Å². The lowest BCUT2D eigenvalue weighted by atomic mass is 10.0. The van der Waals surface area contributed by atoms with E-state index in [0.29, 0.717) is 18.4 Å². The van der Waals surface area contributed by atoms with Gasteiger partial charge in [-0.2, -0.15) is 0 Å². The molecule has 2 nitrogen and oxygen atoms in total. The maximum atomic E-state index is 11.8. The molecule has 1 aromatic rings. The predicted molar refractivity (Wildman–Crippen MR) is 69.8 cm³/mol. The number of rotatable bonds is 6. The third-order valence-corrected chi connectivity index (χ3v) is 4.23. The maximum Gasteiger partial charge on any atom is 0.149 e. The molecule has 0 aliphatic rings. The highest BCUT2D eigenvalue weighted by Gasteiger charge is 2.18. The van der Waals surface area contributed by atoms with Gasteiger partial charge in [0.1, 0.15) is 5.78 Å². The van der Waals surface area contributed by atoms with Crippen molar-refractivity contribution >= 4 is 17.1 Å². The second-order valence-corrected chi connectivity index (χ2v) is 5.36. The van der Waals surface area contributed by atoms with Crippen molar-refractivity contribution in [1.29, 1.82) is 0 Å². The minimum absolute atomic E-state index is 0.179. The van der Waals surface area contributed by atoms with Crippen molar-refractivity contribution < 1.29 is 4.79 Å². The molecule has 0 N–H and O–H groups in total. The number of hydrogen-bond acceptors (Lipinski definition) is 3. The first kappa shape index (κ1) is 13.4. The van der Waals surface area contributed by atoms with E-state index in [1.165, 1.54) is 4.88 Å². The Morgan fingerprint density at radius 1 is 1.50 bits per heavy atom. The highest BCUT2D eigenvalue weighted by atomic mass is 32.1. The molecular weight excluding hydrogens is 218 g/mol. The molecule has 0 aliphatic heterocycles. The van der Waals surface area contributed by atoms with Gasteiger partial charge >= 0.3 is 0 Å². The monoisotopic (exact) mass is 239 g/mol. The molecule has 0 aliphatic carbocycles. The van der Waals surface area contributed by atoms with E-state index in [2.05, 4.69) is 36.3 Å². The molecule has 3 heteroatoms. The fourth-order valence-corrected chi connectivity index (χ4v) is 2.36. The van der Waals surface area contributed by atoms with Gasteiger partial charge in [-0.1, -0.05) is 19.9 Å². The van der Waals surface area contributed by atoms with Crippen molar-refractivity contribution in [1.82, 2.24) is 4.90 Å². The highest BCUT2D eigenvalue weighted by Crippen LogP contribution is 2.23. The zero-order valence-electron chi connectivity index (χ0n) is 10.6. The van der Waals surface area contributed by atoms with Crippen LogP contribution < -0.4 is 0 Å². The molecule has 0 radical (unpaired) electrons. The Balaban J connectivity index is 2.52. The Kier molecular flexibility index (Phi) is 5.16. The molecule has 90 valence electrons. The van der Waals surface area contributed by atoms with Crippen LogP contribution in [0.25, 0.3) is 0 Å². The number of nitrogens with zero attached hydrogens (tertiary/aromatic N) is 1. The lowest BCUT2D eigenvalue weighted by molar-refractivity contribution is -0.123. The van der Waals surface area contributed by atoms with E-state index in [1.54, 1.807) is 11.3 Å². The van der Waals surface area contributed by atoms with Gasteiger partial charge in [0.25, 0.3) is 0 Å². The van der Waals surface area contributed by atoms with Gasteiger partial charge in [0.05, 0.1) is 6.54 Å². The number of thiophene rings is 1. The minimum atomic E-state index is 0.179. The second kappa shape index (κ2) is 6.16. The van der Waals surface area contributed by atoms with Crippen molar-refractivity contribution in [3.05, 3.63) is 22.4 Å². The maximum absolute atomic E-state index is 11.8. The molecule has 1 aromatic heterocycles. The van der Waals surface area contributed by atoms with Crippen molar-refractivity contribution in [2.75, 3.05) is 13.6 Å². The van der Waals surface area contributed by atoms with Crippen molar-refractivity contribution in [3.8, 4) is 0 Å². The Morgan fingerprint density at radius 3 is 2.69 bits per heavy atom. The standard InChI is InChI=1S/C13H21NOS/c1-5-10(2)12(15)9-14(4)11(3)13-7-6-8-16-13/h6-8,10-11H,5,9H2,1-4H3. The van der Waals surface area contributed by atoms with Crippen LogP contribution in [0.4, 0.5) is 0 Å². The Labute approximate surface area is 102 Å². The van der Waals surface area contributed by atoms with E-state index in [4.69, 9.17) is 0 Å². The summed E-state index contributed by atoms with van der Waals surface area (Å²) in [6, 6.07) is 4.51. The molecule has 1 rings (SSSR count). The zero-order valence-corrected chi connectivity index (χ0v) is 11.4. The number of carbonyl (C=O) groups excluding carboxylic acids is 1. The molecule has 0 aromatic carbocycles. The number of carbonyl (C=O) groups is 1. The van der Waals surface area contributed by atoms with E-state index >= 15 is 0 Å². The van der Waals surface area contributed by atoms with Gasteiger partial charge in [0.15, 0.2) is 0 Å². The van der Waals surface area contributed by atoms with E-state index in [-0.39, 0.29) is 5.92 Å². The van der Waals surface area contributed by atoms with Gasteiger partial charge in [-0.25, -0.2) is 0 Å². The van der Waals surface area contributed by atoms with Crippen molar-refractivity contribution in [3.63, 3.8) is 0 Å². The van der Waals surface area contributed by atoms with E-state index in [1.807, 2.05) is 14.0 Å².